The monoisotopic (exact) mass is 371 g/mol. The molecule has 1 atom stereocenters. The Morgan fingerprint density at radius 3 is 2.71 bits per heavy atom. The number of halogens is 3. The summed E-state index contributed by atoms with van der Waals surface area (Å²) in [6.45, 7) is 2.69. The highest BCUT2D eigenvalue weighted by Gasteiger charge is 2.20. The molecule has 0 heterocycles. The van der Waals surface area contributed by atoms with Gasteiger partial charge in [-0.2, -0.15) is 0 Å². The number of methoxy groups -OCH3 is 1. The number of hydrogen-bond donors (Lipinski definition) is 1. The Balaban J connectivity index is 2.53. The minimum absolute atomic E-state index is 0.260. The van der Waals surface area contributed by atoms with Gasteiger partial charge in [0, 0.05) is 10.0 Å². The smallest absolute Gasteiger partial charge is 0.137 e. The van der Waals surface area contributed by atoms with E-state index in [1.807, 2.05) is 25.1 Å². The van der Waals surface area contributed by atoms with Crippen LogP contribution < -0.4 is 10.1 Å². The van der Waals surface area contributed by atoms with Crippen molar-refractivity contribution in [2.45, 2.75) is 13.0 Å². The lowest BCUT2D eigenvalue weighted by atomic mass is 9.98. The van der Waals surface area contributed by atoms with E-state index in [0.29, 0.717) is 22.9 Å². The molecule has 0 bridgehead atoms. The van der Waals surface area contributed by atoms with E-state index < -0.39 is 0 Å². The Kier molecular flexibility index (Phi) is 5.62. The van der Waals surface area contributed by atoms with Crippen molar-refractivity contribution < 1.29 is 9.13 Å². The van der Waals surface area contributed by atoms with Crippen molar-refractivity contribution in [2.24, 2.45) is 0 Å². The number of rotatable bonds is 5. The van der Waals surface area contributed by atoms with Crippen LogP contribution in [0.5, 0.6) is 5.75 Å². The molecule has 0 radical (unpaired) electrons. The summed E-state index contributed by atoms with van der Waals surface area (Å²) < 4.78 is 20.2. The molecule has 0 aromatic heterocycles. The topological polar surface area (TPSA) is 21.3 Å². The predicted molar refractivity (Wildman–Crippen MR) is 87.6 cm³/mol. The van der Waals surface area contributed by atoms with Crippen LogP contribution in [0.25, 0.3) is 0 Å². The summed E-state index contributed by atoms with van der Waals surface area (Å²) in [5.41, 5.74) is 1.47. The summed E-state index contributed by atoms with van der Waals surface area (Å²) in [5.74, 6) is 0.314. The summed E-state index contributed by atoms with van der Waals surface area (Å²) in [6.07, 6.45) is 0. The molecular formula is C16H16BrClFNO. The second-order valence-electron chi connectivity index (χ2n) is 4.52. The Hall–Kier alpha value is -1.10. The van der Waals surface area contributed by atoms with Gasteiger partial charge in [0.15, 0.2) is 0 Å². The molecule has 21 heavy (non-hydrogen) atoms. The molecule has 0 aliphatic heterocycles. The quantitative estimate of drug-likeness (QED) is 0.802. The zero-order chi connectivity index (χ0) is 15.4. The molecule has 2 aromatic carbocycles. The predicted octanol–water partition coefficient (Wildman–Crippen LogP) is 4.95. The summed E-state index contributed by atoms with van der Waals surface area (Å²) in [4.78, 5) is 0. The van der Waals surface area contributed by atoms with Crippen LogP contribution in [-0.2, 0) is 0 Å². The van der Waals surface area contributed by atoms with Gasteiger partial charge in [-0.3, -0.25) is 0 Å². The zero-order valence-corrected chi connectivity index (χ0v) is 14.1. The lowest BCUT2D eigenvalue weighted by Gasteiger charge is -2.21. The van der Waals surface area contributed by atoms with Crippen LogP contribution in [0.3, 0.4) is 0 Å². The minimum Gasteiger partial charge on any atom is -0.495 e. The molecule has 2 rings (SSSR count). The van der Waals surface area contributed by atoms with Crippen LogP contribution in [0, 0.1) is 5.82 Å². The van der Waals surface area contributed by atoms with Gasteiger partial charge in [0.2, 0.25) is 0 Å². The molecule has 112 valence electrons. The second kappa shape index (κ2) is 7.25. The van der Waals surface area contributed by atoms with Gasteiger partial charge >= 0.3 is 0 Å². The third-order valence-corrected chi connectivity index (χ3v) is 4.21. The molecule has 0 spiro atoms. The fourth-order valence-electron chi connectivity index (χ4n) is 2.23. The largest absolute Gasteiger partial charge is 0.495 e. The standard InChI is InChI=1S/C16H16BrClFNO/c1-3-20-16(15-11(17)5-4-6-13(15)19)10-7-8-12(18)14(9-10)21-2/h4-9,16,20H,3H2,1-2H3. The number of ether oxygens (including phenoxy) is 1. The van der Waals surface area contributed by atoms with Crippen molar-refractivity contribution in [3.05, 3.63) is 62.8 Å². The van der Waals surface area contributed by atoms with Crippen molar-refractivity contribution >= 4 is 27.5 Å². The first-order valence-corrected chi connectivity index (χ1v) is 7.76. The molecule has 2 aromatic rings. The lowest BCUT2D eigenvalue weighted by molar-refractivity contribution is 0.413. The minimum atomic E-state index is -0.281. The average molecular weight is 373 g/mol. The van der Waals surface area contributed by atoms with E-state index in [1.54, 1.807) is 19.2 Å². The maximum atomic E-state index is 14.2. The Labute approximate surface area is 137 Å². The number of benzene rings is 2. The highest BCUT2D eigenvalue weighted by molar-refractivity contribution is 9.10. The van der Waals surface area contributed by atoms with Crippen LogP contribution >= 0.6 is 27.5 Å². The molecule has 1 N–H and O–H groups in total. The lowest BCUT2D eigenvalue weighted by Crippen LogP contribution is -2.23. The van der Waals surface area contributed by atoms with Gasteiger partial charge in [-0.1, -0.05) is 46.6 Å². The molecule has 5 heteroatoms. The molecule has 0 aliphatic rings. The van der Waals surface area contributed by atoms with Gasteiger partial charge in [-0.05, 0) is 36.4 Å². The van der Waals surface area contributed by atoms with Crippen molar-refractivity contribution in [3.8, 4) is 5.75 Å². The average Bonchev–Trinajstić information content (AvgIpc) is 2.47. The Morgan fingerprint density at radius 1 is 1.33 bits per heavy atom. The zero-order valence-electron chi connectivity index (χ0n) is 11.8. The van der Waals surface area contributed by atoms with E-state index in [-0.39, 0.29) is 11.9 Å². The van der Waals surface area contributed by atoms with Crippen LogP contribution in [0.4, 0.5) is 4.39 Å². The van der Waals surface area contributed by atoms with Crippen LogP contribution in [0.15, 0.2) is 40.9 Å². The van der Waals surface area contributed by atoms with Crippen LogP contribution in [-0.4, -0.2) is 13.7 Å². The van der Waals surface area contributed by atoms with Gasteiger partial charge in [0.1, 0.15) is 11.6 Å². The van der Waals surface area contributed by atoms with E-state index >= 15 is 0 Å². The van der Waals surface area contributed by atoms with Gasteiger partial charge in [-0.15, -0.1) is 0 Å². The number of hydrogen-bond acceptors (Lipinski definition) is 2. The first kappa shape index (κ1) is 16.3. The maximum Gasteiger partial charge on any atom is 0.137 e. The number of nitrogens with one attached hydrogen (secondary N) is 1. The van der Waals surface area contributed by atoms with Crippen molar-refractivity contribution in [2.75, 3.05) is 13.7 Å². The third kappa shape index (κ3) is 3.57. The van der Waals surface area contributed by atoms with E-state index in [4.69, 9.17) is 16.3 Å². The van der Waals surface area contributed by atoms with Crippen molar-refractivity contribution in [1.29, 1.82) is 0 Å². The highest BCUT2D eigenvalue weighted by Crippen LogP contribution is 2.34. The SMILES string of the molecule is CCNC(c1ccc(Cl)c(OC)c1)c1c(F)cccc1Br. The molecule has 0 saturated carbocycles. The molecule has 1 unspecified atom stereocenters. The van der Waals surface area contributed by atoms with Gasteiger partial charge in [0.25, 0.3) is 0 Å². The van der Waals surface area contributed by atoms with E-state index in [9.17, 15) is 4.39 Å². The van der Waals surface area contributed by atoms with Gasteiger partial charge < -0.3 is 10.1 Å². The van der Waals surface area contributed by atoms with Crippen LogP contribution in [0.1, 0.15) is 24.1 Å². The van der Waals surface area contributed by atoms with Crippen molar-refractivity contribution in [1.82, 2.24) is 5.32 Å². The van der Waals surface area contributed by atoms with Gasteiger partial charge in [-0.25, -0.2) is 4.39 Å². The first-order chi connectivity index (χ1) is 10.1. The van der Waals surface area contributed by atoms with E-state index in [2.05, 4.69) is 21.2 Å². The first-order valence-electron chi connectivity index (χ1n) is 6.59. The molecule has 0 fully saturated rings. The summed E-state index contributed by atoms with van der Waals surface area (Å²) in [7, 11) is 1.56. The van der Waals surface area contributed by atoms with E-state index in [1.165, 1.54) is 6.07 Å². The molecule has 0 saturated heterocycles. The van der Waals surface area contributed by atoms with E-state index in [0.717, 1.165) is 10.0 Å². The second-order valence-corrected chi connectivity index (χ2v) is 5.78. The molecule has 0 amide bonds. The molecular weight excluding hydrogens is 357 g/mol. The molecule has 2 nitrogen and oxygen atoms in total. The maximum absolute atomic E-state index is 14.2. The highest BCUT2D eigenvalue weighted by atomic mass is 79.9. The Bertz CT molecular complexity index is 615. The van der Waals surface area contributed by atoms with Crippen LogP contribution in [0.2, 0.25) is 5.02 Å². The van der Waals surface area contributed by atoms with Crippen molar-refractivity contribution in [3.63, 3.8) is 0 Å². The summed E-state index contributed by atoms with van der Waals surface area (Å²) in [5, 5.41) is 3.83. The fraction of sp³-hybridized carbons (Fsp3) is 0.250. The van der Waals surface area contributed by atoms with Gasteiger partial charge in [0.05, 0.1) is 18.2 Å². The third-order valence-electron chi connectivity index (χ3n) is 3.21. The fourth-order valence-corrected chi connectivity index (χ4v) is 3.00. The summed E-state index contributed by atoms with van der Waals surface area (Å²) >= 11 is 9.49. The molecule has 0 aliphatic carbocycles. The Morgan fingerprint density at radius 2 is 2.10 bits per heavy atom. The normalized spacial score (nSPS) is 12.2. The summed E-state index contributed by atoms with van der Waals surface area (Å²) in [6, 6.07) is 10.1.